The predicted molar refractivity (Wildman–Crippen MR) is 108 cm³/mol. The number of halogens is 1. The molecule has 0 atom stereocenters. The van der Waals surface area contributed by atoms with Crippen molar-refractivity contribution < 1.29 is 19.0 Å². The first-order valence-electron chi connectivity index (χ1n) is 8.59. The molecule has 2 aromatic rings. The second kappa shape index (κ2) is 9.42. The van der Waals surface area contributed by atoms with Crippen LogP contribution in [-0.4, -0.2) is 30.9 Å². The van der Waals surface area contributed by atoms with Crippen LogP contribution >= 0.6 is 11.6 Å². The third-order valence-electron chi connectivity index (χ3n) is 3.84. The highest BCUT2D eigenvalue weighted by Gasteiger charge is 2.16. The fourth-order valence-electron chi connectivity index (χ4n) is 2.63. The Hall–Kier alpha value is -2.53. The number of fused-ring (bicyclic) bond motifs is 1. The first-order chi connectivity index (χ1) is 12.9. The first-order valence-corrected chi connectivity index (χ1v) is 9.12. The molecule has 0 aliphatic carbocycles. The maximum absolute atomic E-state index is 12.1. The van der Waals surface area contributed by atoms with Gasteiger partial charge in [-0.25, -0.2) is 0 Å². The highest BCUT2D eigenvalue weighted by atomic mass is 35.5. The normalized spacial score (nSPS) is 12.4. The largest absolute Gasteiger partial charge is 0.493 e. The molecule has 1 aromatic heterocycles. The van der Waals surface area contributed by atoms with Crippen molar-refractivity contribution >= 4 is 28.3 Å². The average Bonchev–Trinajstić information content (AvgIpc) is 2.64. The summed E-state index contributed by atoms with van der Waals surface area (Å²) >= 11 is 5.84. The van der Waals surface area contributed by atoms with E-state index in [0.717, 1.165) is 5.39 Å². The number of nitrogens with zero attached hydrogens (tertiary/aromatic N) is 1. The minimum Gasteiger partial charge on any atom is -0.493 e. The molecule has 0 aliphatic heterocycles. The monoisotopic (exact) mass is 389 g/mol. The summed E-state index contributed by atoms with van der Waals surface area (Å²) in [5.74, 6) is 2.48. The van der Waals surface area contributed by atoms with Crippen molar-refractivity contribution in [1.29, 1.82) is 0 Å². The van der Waals surface area contributed by atoms with Gasteiger partial charge in [0.1, 0.15) is 11.5 Å². The molecule has 0 bridgehead atoms. The predicted octanol–water partition coefficient (Wildman–Crippen LogP) is 4.92. The fraction of sp³-hybridized carbons (Fsp3) is 0.333. The van der Waals surface area contributed by atoms with Crippen molar-refractivity contribution in [2.24, 2.45) is 5.92 Å². The summed E-state index contributed by atoms with van der Waals surface area (Å²) in [6.07, 6.45) is 5.20. The van der Waals surface area contributed by atoms with Gasteiger partial charge in [0.25, 0.3) is 0 Å². The van der Waals surface area contributed by atoms with Crippen LogP contribution in [0.5, 0.6) is 17.2 Å². The minimum atomic E-state index is -0.111. The Balaban J connectivity index is 2.60. The molecule has 0 fully saturated rings. The summed E-state index contributed by atoms with van der Waals surface area (Å²) in [7, 11) is 3.14. The standard InChI is InChI=1S/C21H24ClNO4/c1-13(2)10-19(15(6-8-22)14(3)24)27-18-7-9-23-17-12-21(26-5)20(25-4)11-16(17)18/h6-7,9-13H,8H2,1-5H3/b15-6-,19-10+. The quantitative estimate of drug-likeness (QED) is 0.277. The number of methoxy groups -OCH3 is 2. The third-order valence-corrected chi connectivity index (χ3v) is 3.99. The number of ketones is 1. The van der Waals surface area contributed by atoms with E-state index in [9.17, 15) is 4.79 Å². The second-order valence-corrected chi connectivity index (χ2v) is 6.55. The Morgan fingerprint density at radius 2 is 1.85 bits per heavy atom. The lowest BCUT2D eigenvalue weighted by Crippen LogP contribution is -2.09. The van der Waals surface area contributed by atoms with Gasteiger partial charge < -0.3 is 14.2 Å². The molecule has 0 spiro atoms. The summed E-state index contributed by atoms with van der Waals surface area (Å²) < 4.78 is 16.9. The molecule has 0 saturated carbocycles. The van der Waals surface area contributed by atoms with E-state index >= 15 is 0 Å². The van der Waals surface area contributed by atoms with Crippen molar-refractivity contribution in [3.63, 3.8) is 0 Å². The summed E-state index contributed by atoms with van der Waals surface area (Å²) in [4.78, 5) is 16.5. The third kappa shape index (κ3) is 5.01. The van der Waals surface area contributed by atoms with Crippen LogP contribution < -0.4 is 14.2 Å². The molecule has 1 aromatic carbocycles. The molecule has 0 N–H and O–H groups in total. The van der Waals surface area contributed by atoms with Crippen LogP contribution in [0.3, 0.4) is 0 Å². The van der Waals surface area contributed by atoms with Gasteiger partial charge in [0.05, 0.1) is 25.3 Å². The van der Waals surface area contributed by atoms with Gasteiger partial charge in [-0.2, -0.15) is 0 Å². The molecule has 27 heavy (non-hydrogen) atoms. The van der Waals surface area contributed by atoms with E-state index in [4.69, 9.17) is 25.8 Å². The molecule has 0 unspecified atom stereocenters. The number of hydrogen-bond acceptors (Lipinski definition) is 5. The van der Waals surface area contributed by atoms with E-state index in [1.54, 1.807) is 38.6 Å². The Morgan fingerprint density at radius 1 is 1.19 bits per heavy atom. The molecule has 0 aliphatic rings. The maximum Gasteiger partial charge on any atom is 0.163 e. The number of allylic oxidation sites excluding steroid dienone is 3. The van der Waals surface area contributed by atoms with Crippen LogP contribution in [0.2, 0.25) is 0 Å². The van der Waals surface area contributed by atoms with Gasteiger partial charge in [0, 0.05) is 23.5 Å². The number of carbonyl (C=O) groups excluding carboxylic acids is 1. The maximum atomic E-state index is 12.1. The summed E-state index contributed by atoms with van der Waals surface area (Å²) in [5.41, 5.74) is 1.14. The zero-order valence-electron chi connectivity index (χ0n) is 16.2. The second-order valence-electron chi connectivity index (χ2n) is 6.24. The molecule has 1 heterocycles. The topological polar surface area (TPSA) is 57.7 Å². The van der Waals surface area contributed by atoms with E-state index < -0.39 is 0 Å². The fourth-order valence-corrected chi connectivity index (χ4v) is 2.79. The molecular formula is C21H24ClNO4. The molecule has 0 amide bonds. The van der Waals surface area contributed by atoms with Gasteiger partial charge in [0.2, 0.25) is 0 Å². The number of hydrogen-bond donors (Lipinski definition) is 0. The van der Waals surface area contributed by atoms with Gasteiger partial charge in [0.15, 0.2) is 17.3 Å². The van der Waals surface area contributed by atoms with E-state index in [1.807, 2.05) is 26.0 Å². The molecule has 144 valence electrons. The summed E-state index contributed by atoms with van der Waals surface area (Å²) in [5, 5.41) is 0.749. The van der Waals surface area contributed by atoms with Gasteiger partial charge in [-0.15, -0.1) is 11.6 Å². The van der Waals surface area contributed by atoms with Gasteiger partial charge in [-0.1, -0.05) is 19.9 Å². The van der Waals surface area contributed by atoms with Crippen molar-refractivity contribution in [1.82, 2.24) is 4.98 Å². The zero-order valence-corrected chi connectivity index (χ0v) is 17.0. The van der Waals surface area contributed by atoms with Crippen LogP contribution in [-0.2, 0) is 4.79 Å². The molecule has 6 heteroatoms. The number of Topliss-reactive ketones (excluding diaryl/α,β-unsaturated/α-hetero) is 1. The zero-order chi connectivity index (χ0) is 20.0. The number of carbonyl (C=O) groups is 1. The lowest BCUT2D eigenvalue weighted by Gasteiger charge is -2.16. The molecule has 0 saturated heterocycles. The van der Waals surface area contributed by atoms with E-state index in [2.05, 4.69) is 4.98 Å². The number of benzene rings is 1. The van der Waals surface area contributed by atoms with Crippen molar-refractivity contribution in [3.8, 4) is 17.2 Å². The minimum absolute atomic E-state index is 0.111. The number of rotatable bonds is 8. The average molecular weight is 390 g/mol. The van der Waals surface area contributed by atoms with Gasteiger partial charge in [-0.3, -0.25) is 9.78 Å². The lowest BCUT2D eigenvalue weighted by atomic mass is 10.1. The first kappa shape index (κ1) is 20.8. The highest BCUT2D eigenvalue weighted by Crippen LogP contribution is 2.36. The Kier molecular flexibility index (Phi) is 7.25. The van der Waals surface area contributed by atoms with Crippen LogP contribution in [0.1, 0.15) is 20.8 Å². The number of ether oxygens (including phenoxy) is 3. The smallest absolute Gasteiger partial charge is 0.163 e. The molecule has 5 nitrogen and oxygen atoms in total. The van der Waals surface area contributed by atoms with E-state index in [1.165, 1.54) is 6.92 Å². The molecule has 2 rings (SSSR count). The van der Waals surface area contributed by atoms with Crippen LogP contribution in [0.4, 0.5) is 0 Å². The van der Waals surface area contributed by atoms with Crippen molar-refractivity contribution in [2.45, 2.75) is 20.8 Å². The molecular weight excluding hydrogens is 366 g/mol. The number of alkyl halides is 1. The Labute approximate surface area is 164 Å². The van der Waals surface area contributed by atoms with Crippen LogP contribution in [0.25, 0.3) is 10.9 Å². The number of pyridine rings is 1. The number of aromatic nitrogens is 1. The summed E-state index contributed by atoms with van der Waals surface area (Å²) in [6, 6.07) is 5.34. The van der Waals surface area contributed by atoms with Crippen LogP contribution in [0.15, 0.2) is 47.9 Å². The van der Waals surface area contributed by atoms with Gasteiger partial charge in [-0.05, 0) is 31.1 Å². The lowest BCUT2D eigenvalue weighted by molar-refractivity contribution is -0.113. The van der Waals surface area contributed by atoms with Crippen molar-refractivity contribution in [3.05, 3.63) is 47.9 Å². The highest BCUT2D eigenvalue weighted by molar-refractivity contribution is 6.19. The van der Waals surface area contributed by atoms with E-state index in [-0.39, 0.29) is 17.6 Å². The van der Waals surface area contributed by atoms with Crippen molar-refractivity contribution in [2.75, 3.05) is 20.1 Å². The van der Waals surface area contributed by atoms with E-state index in [0.29, 0.717) is 34.1 Å². The Bertz CT molecular complexity index is 887. The molecule has 0 radical (unpaired) electrons. The SMILES string of the molecule is COc1cc2nccc(OC(=C/C(C)C)/C(=C\CCl)C(C)=O)c2cc1OC. The van der Waals surface area contributed by atoms with Gasteiger partial charge >= 0.3 is 0 Å². The van der Waals surface area contributed by atoms with Crippen LogP contribution in [0, 0.1) is 5.92 Å². The Morgan fingerprint density at radius 3 is 2.41 bits per heavy atom. The summed E-state index contributed by atoms with van der Waals surface area (Å²) in [6.45, 7) is 5.52.